The highest BCUT2D eigenvalue weighted by molar-refractivity contribution is 5.91. The number of aromatic nitrogens is 1. The summed E-state index contributed by atoms with van der Waals surface area (Å²) in [5.41, 5.74) is 0.690. The zero-order valence-corrected chi connectivity index (χ0v) is 12.8. The van der Waals surface area contributed by atoms with Gasteiger partial charge < -0.3 is 14.6 Å². The van der Waals surface area contributed by atoms with Gasteiger partial charge in [-0.1, -0.05) is 44.1 Å². The number of carbonyl (C=O) groups is 1. The van der Waals surface area contributed by atoms with Gasteiger partial charge in [0.05, 0.1) is 13.5 Å². The lowest BCUT2D eigenvalue weighted by Gasteiger charge is -2.12. The number of rotatable bonds is 4. The zero-order chi connectivity index (χ0) is 15.5. The van der Waals surface area contributed by atoms with Crippen LogP contribution in [0.5, 0.6) is 5.75 Å². The maximum Gasteiger partial charge on any atom is 0.230 e. The highest BCUT2D eigenvalue weighted by Gasteiger charge is 2.20. The van der Waals surface area contributed by atoms with Crippen molar-refractivity contribution in [3.63, 3.8) is 0 Å². The molecule has 1 amide bonds. The summed E-state index contributed by atoms with van der Waals surface area (Å²) in [6.07, 6.45) is 0.224. The van der Waals surface area contributed by atoms with Crippen LogP contribution in [0.15, 0.2) is 34.9 Å². The standard InChI is InChI=1S/C16H20N2O3/c1-16(2,3)13-10-14(18-21-13)17-15(19)9-11-7-5-6-8-12(11)20-4/h5-8,10H,9H2,1-4H3,(H,17,18,19). The Hall–Kier alpha value is -2.30. The predicted octanol–water partition coefficient (Wildman–Crippen LogP) is 3.16. The molecule has 112 valence electrons. The first-order chi connectivity index (χ1) is 9.90. The molecule has 1 aromatic carbocycles. The second kappa shape index (κ2) is 5.99. The number of amides is 1. The number of hydrogen-bond donors (Lipinski definition) is 1. The normalized spacial score (nSPS) is 11.2. The number of ether oxygens (including phenoxy) is 1. The molecule has 0 atom stereocenters. The number of methoxy groups -OCH3 is 1. The van der Waals surface area contributed by atoms with Crippen LogP contribution in [0.2, 0.25) is 0 Å². The number of anilines is 1. The Bertz CT molecular complexity index is 626. The van der Waals surface area contributed by atoms with Crippen molar-refractivity contribution in [1.29, 1.82) is 0 Å². The second-order valence-electron chi connectivity index (χ2n) is 5.86. The summed E-state index contributed by atoms with van der Waals surface area (Å²) in [5, 5.41) is 6.60. The Labute approximate surface area is 124 Å². The van der Waals surface area contributed by atoms with Gasteiger partial charge in [-0.05, 0) is 6.07 Å². The molecular weight excluding hydrogens is 268 g/mol. The number of nitrogens with one attached hydrogen (secondary N) is 1. The van der Waals surface area contributed by atoms with Crippen LogP contribution in [0.4, 0.5) is 5.82 Å². The van der Waals surface area contributed by atoms with Gasteiger partial charge in [0.1, 0.15) is 11.5 Å². The molecule has 0 saturated heterocycles. The summed E-state index contributed by atoms with van der Waals surface area (Å²) in [6.45, 7) is 6.07. The van der Waals surface area contributed by atoms with Crippen LogP contribution in [0.25, 0.3) is 0 Å². The third-order valence-electron chi connectivity index (χ3n) is 3.06. The molecule has 1 heterocycles. The van der Waals surface area contributed by atoms with Crippen LogP contribution in [-0.4, -0.2) is 18.2 Å². The highest BCUT2D eigenvalue weighted by atomic mass is 16.5. The Morgan fingerprint density at radius 2 is 2.05 bits per heavy atom. The minimum absolute atomic E-state index is 0.140. The summed E-state index contributed by atoms with van der Waals surface area (Å²) in [4.78, 5) is 12.1. The molecule has 0 fully saturated rings. The molecule has 1 aromatic heterocycles. The molecule has 0 unspecified atom stereocenters. The van der Waals surface area contributed by atoms with Crippen molar-refractivity contribution in [1.82, 2.24) is 5.16 Å². The smallest absolute Gasteiger partial charge is 0.230 e. The maximum absolute atomic E-state index is 12.1. The fourth-order valence-corrected chi connectivity index (χ4v) is 1.90. The Balaban J connectivity index is 2.03. The highest BCUT2D eigenvalue weighted by Crippen LogP contribution is 2.24. The zero-order valence-electron chi connectivity index (χ0n) is 12.8. The quantitative estimate of drug-likeness (QED) is 0.938. The summed E-state index contributed by atoms with van der Waals surface area (Å²) in [5.74, 6) is 1.70. The van der Waals surface area contributed by atoms with E-state index in [9.17, 15) is 4.79 Å². The van der Waals surface area contributed by atoms with Gasteiger partial charge in [-0.2, -0.15) is 0 Å². The molecule has 0 aliphatic carbocycles. The molecule has 5 heteroatoms. The SMILES string of the molecule is COc1ccccc1CC(=O)Nc1cc(C(C)(C)C)on1. The minimum atomic E-state index is -0.159. The molecule has 0 aliphatic rings. The monoisotopic (exact) mass is 288 g/mol. The average molecular weight is 288 g/mol. The van der Waals surface area contributed by atoms with Gasteiger partial charge in [-0.15, -0.1) is 0 Å². The molecule has 0 bridgehead atoms. The first kappa shape index (κ1) is 15.1. The van der Waals surface area contributed by atoms with Crippen molar-refractivity contribution >= 4 is 11.7 Å². The van der Waals surface area contributed by atoms with Crippen LogP contribution in [-0.2, 0) is 16.6 Å². The second-order valence-corrected chi connectivity index (χ2v) is 5.86. The van der Waals surface area contributed by atoms with Crippen LogP contribution in [0.1, 0.15) is 32.1 Å². The molecule has 5 nitrogen and oxygen atoms in total. The van der Waals surface area contributed by atoms with Gasteiger partial charge >= 0.3 is 0 Å². The summed E-state index contributed by atoms with van der Waals surface area (Å²) in [6, 6.07) is 9.19. The number of carbonyl (C=O) groups excluding carboxylic acids is 1. The molecule has 21 heavy (non-hydrogen) atoms. The molecule has 0 aliphatic heterocycles. The first-order valence-electron chi connectivity index (χ1n) is 6.79. The lowest BCUT2D eigenvalue weighted by Crippen LogP contribution is -2.15. The van der Waals surface area contributed by atoms with Crippen molar-refractivity contribution in [2.24, 2.45) is 0 Å². The molecule has 0 spiro atoms. The van der Waals surface area contributed by atoms with E-state index in [0.29, 0.717) is 11.6 Å². The number of nitrogens with zero attached hydrogens (tertiary/aromatic N) is 1. The Morgan fingerprint density at radius 1 is 1.33 bits per heavy atom. The molecule has 0 radical (unpaired) electrons. The third kappa shape index (κ3) is 3.84. The molecule has 2 aromatic rings. The van der Waals surface area contributed by atoms with E-state index in [4.69, 9.17) is 9.26 Å². The van der Waals surface area contributed by atoms with Gasteiger partial charge in [0.25, 0.3) is 0 Å². The van der Waals surface area contributed by atoms with E-state index >= 15 is 0 Å². The van der Waals surface area contributed by atoms with Gasteiger partial charge in [-0.25, -0.2) is 0 Å². The van der Waals surface area contributed by atoms with Crippen molar-refractivity contribution < 1.29 is 14.1 Å². The fraction of sp³-hybridized carbons (Fsp3) is 0.375. The summed E-state index contributed by atoms with van der Waals surface area (Å²) < 4.78 is 10.5. The number of hydrogen-bond acceptors (Lipinski definition) is 4. The molecule has 0 saturated carbocycles. The predicted molar refractivity (Wildman–Crippen MR) is 80.5 cm³/mol. The van der Waals surface area contributed by atoms with Crippen molar-refractivity contribution in [2.75, 3.05) is 12.4 Å². The Morgan fingerprint density at radius 3 is 2.67 bits per heavy atom. The van der Waals surface area contributed by atoms with Crippen molar-refractivity contribution in [3.05, 3.63) is 41.7 Å². The van der Waals surface area contributed by atoms with Crippen LogP contribution in [0, 0.1) is 0 Å². The lowest BCUT2D eigenvalue weighted by molar-refractivity contribution is -0.115. The van der Waals surface area contributed by atoms with Crippen molar-refractivity contribution in [3.8, 4) is 5.75 Å². The van der Waals surface area contributed by atoms with Crippen LogP contribution in [0.3, 0.4) is 0 Å². The lowest BCUT2D eigenvalue weighted by atomic mass is 9.93. The molecular formula is C16H20N2O3. The van der Waals surface area contributed by atoms with E-state index in [-0.39, 0.29) is 17.7 Å². The average Bonchev–Trinajstić information content (AvgIpc) is 2.87. The first-order valence-corrected chi connectivity index (χ1v) is 6.79. The van der Waals surface area contributed by atoms with Gasteiger partial charge in [0.15, 0.2) is 5.82 Å². The molecule has 1 N–H and O–H groups in total. The third-order valence-corrected chi connectivity index (χ3v) is 3.06. The largest absolute Gasteiger partial charge is 0.496 e. The van der Waals surface area contributed by atoms with Gasteiger partial charge in [0, 0.05) is 17.0 Å². The number of para-hydroxylation sites is 1. The van der Waals surface area contributed by atoms with E-state index in [1.807, 2.05) is 45.0 Å². The van der Waals surface area contributed by atoms with E-state index < -0.39 is 0 Å². The van der Waals surface area contributed by atoms with E-state index in [2.05, 4.69) is 10.5 Å². The van der Waals surface area contributed by atoms with E-state index in [0.717, 1.165) is 11.3 Å². The minimum Gasteiger partial charge on any atom is -0.496 e. The number of benzene rings is 1. The van der Waals surface area contributed by atoms with Crippen LogP contribution >= 0.6 is 0 Å². The summed E-state index contributed by atoms with van der Waals surface area (Å²) >= 11 is 0. The van der Waals surface area contributed by atoms with Gasteiger partial charge in [0.2, 0.25) is 5.91 Å². The molecule has 2 rings (SSSR count). The van der Waals surface area contributed by atoms with Gasteiger partial charge in [-0.3, -0.25) is 4.79 Å². The van der Waals surface area contributed by atoms with Crippen molar-refractivity contribution in [2.45, 2.75) is 32.6 Å². The van der Waals surface area contributed by atoms with E-state index in [1.165, 1.54) is 0 Å². The van der Waals surface area contributed by atoms with Crippen LogP contribution < -0.4 is 10.1 Å². The van der Waals surface area contributed by atoms with E-state index in [1.54, 1.807) is 13.2 Å². The fourth-order valence-electron chi connectivity index (χ4n) is 1.90. The maximum atomic E-state index is 12.1. The summed E-state index contributed by atoms with van der Waals surface area (Å²) in [7, 11) is 1.59. The Kier molecular flexibility index (Phi) is 4.31. The topological polar surface area (TPSA) is 64.4 Å².